The van der Waals surface area contributed by atoms with Gasteiger partial charge in [0.05, 0.1) is 36.7 Å². The molecule has 1 atom stereocenters. The van der Waals surface area contributed by atoms with E-state index in [1.54, 1.807) is 19.4 Å². The van der Waals surface area contributed by atoms with Crippen molar-refractivity contribution in [3.63, 3.8) is 0 Å². The summed E-state index contributed by atoms with van der Waals surface area (Å²) in [5.41, 5.74) is 2.83. The van der Waals surface area contributed by atoms with Gasteiger partial charge in [-0.3, -0.25) is 4.98 Å². The number of fused-ring (bicyclic) bond motifs is 1. The van der Waals surface area contributed by atoms with Gasteiger partial charge < -0.3 is 14.6 Å². The number of hydrogen-bond acceptors (Lipinski definition) is 5. The Hall–Kier alpha value is -2.34. The highest BCUT2D eigenvalue weighted by Crippen LogP contribution is 2.26. The predicted molar refractivity (Wildman–Crippen MR) is 91.6 cm³/mol. The fourth-order valence-electron chi connectivity index (χ4n) is 2.53. The zero-order valence-corrected chi connectivity index (χ0v) is 13.6. The summed E-state index contributed by atoms with van der Waals surface area (Å²) in [6, 6.07) is 15.3. The lowest BCUT2D eigenvalue weighted by Crippen LogP contribution is -2.10. The smallest absolute Gasteiger partial charge is 0.138 e. The van der Waals surface area contributed by atoms with Crippen LogP contribution in [0.4, 0.5) is 0 Å². The Morgan fingerprint density at radius 2 is 1.92 bits per heavy atom. The average molecular weight is 324 g/mol. The maximum absolute atomic E-state index is 10.7. The number of para-hydroxylation sites is 1. The van der Waals surface area contributed by atoms with Gasteiger partial charge in [-0.25, -0.2) is 4.98 Å². The summed E-state index contributed by atoms with van der Waals surface area (Å²) >= 11 is 0. The Balaban J connectivity index is 1.96. The number of ether oxygens (including phenoxy) is 2. The first kappa shape index (κ1) is 16.5. The summed E-state index contributed by atoms with van der Waals surface area (Å²) in [7, 11) is 1.64. The molecule has 1 N–H and O–H groups in total. The van der Waals surface area contributed by atoms with Crippen LogP contribution in [0.25, 0.3) is 10.9 Å². The van der Waals surface area contributed by atoms with Crippen LogP contribution in [0, 0.1) is 0 Å². The minimum Gasteiger partial charge on any atom is -0.382 e. The maximum atomic E-state index is 10.7. The van der Waals surface area contributed by atoms with E-state index in [0.717, 1.165) is 16.5 Å². The molecule has 0 bridgehead atoms. The van der Waals surface area contributed by atoms with Crippen LogP contribution >= 0.6 is 0 Å². The molecule has 0 amide bonds. The van der Waals surface area contributed by atoms with E-state index in [2.05, 4.69) is 9.97 Å². The SMILES string of the molecule is COCCOCc1cc2ccccc2nc1C(O)c1ccccn1. The summed E-state index contributed by atoms with van der Waals surface area (Å²) in [5, 5.41) is 11.7. The fourth-order valence-corrected chi connectivity index (χ4v) is 2.53. The lowest BCUT2D eigenvalue weighted by molar-refractivity contribution is 0.0603. The van der Waals surface area contributed by atoms with Crippen LogP contribution in [-0.2, 0) is 16.1 Å². The molecular weight excluding hydrogens is 304 g/mol. The number of pyridine rings is 2. The lowest BCUT2D eigenvalue weighted by atomic mass is 10.0. The molecule has 2 heterocycles. The zero-order valence-electron chi connectivity index (χ0n) is 13.6. The van der Waals surface area contributed by atoms with Gasteiger partial charge in [-0.2, -0.15) is 0 Å². The van der Waals surface area contributed by atoms with Gasteiger partial charge in [-0.05, 0) is 24.3 Å². The molecular formula is C19H20N2O3. The molecule has 3 aromatic rings. The van der Waals surface area contributed by atoms with Crippen LogP contribution < -0.4 is 0 Å². The number of nitrogens with zero attached hydrogens (tertiary/aromatic N) is 2. The first-order valence-corrected chi connectivity index (χ1v) is 7.84. The van der Waals surface area contributed by atoms with Crippen molar-refractivity contribution in [2.24, 2.45) is 0 Å². The highest BCUT2D eigenvalue weighted by Gasteiger charge is 2.18. The molecule has 0 aliphatic carbocycles. The van der Waals surface area contributed by atoms with Gasteiger partial charge in [0.25, 0.3) is 0 Å². The molecule has 5 nitrogen and oxygen atoms in total. The van der Waals surface area contributed by atoms with Crippen molar-refractivity contribution in [2.75, 3.05) is 20.3 Å². The minimum absolute atomic E-state index is 0.362. The van der Waals surface area contributed by atoms with E-state index in [0.29, 0.717) is 31.2 Å². The Morgan fingerprint density at radius 1 is 1.08 bits per heavy atom. The van der Waals surface area contributed by atoms with Crippen molar-refractivity contribution in [3.8, 4) is 0 Å². The van der Waals surface area contributed by atoms with E-state index in [-0.39, 0.29) is 0 Å². The van der Waals surface area contributed by atoms with E-state index in [1.807, 2.05) is 42.5 Å². The number of aliphatic hydroxyl groups is 1. The molecule has 5 heteroatoms. The third kappa shape index (κ3) is 3.76. The second kappa shape index (κ2) is 7.97. The first-order valence-electron chi connectivity index (χ1n) is 7.84. The third-order valence-corrected chi connectivity index (χ3v) is 3.75. The Morgan fingerprint density at radius 3 is 2.71 bits per heavy atom. The van der Waals surface area contributed by atoms with Gasteiger partial charge in [0.2, 0.25) is 0 Å². The summed E-state index contributed by atoms with van der Waals surface area (Å²) < 4.78 is 10.6. The second-order valence-corrected chi connectivity index (χ2v) is 5.43. The molecule has 2 aromatic heterocycles. The molecule has 0 saturated carbocycles. The number of hydrogen-bond donors (Lipinski definition) is 1. The van der Waals surface area contributed by atoms with E-state index >= 15 is 0 Å². The number of benzene rings is 1. The van der Waals surface area contributed by atoms with Crippen LogP contribution in [0.15, 0.2) is 54.7 Å². The molecule has 1 aromatic carbocycles. The number of methoxy groups -OCH3 is 1. The van der Waals surface area contributed by atoms with Crippen LogP contribution in [0.5, 0.6) is 0 Å². The van der Waals surface area contributed by atoms with Crippen LogP contribution in [0.3, 0.4) is 0 Å². The van der Waals surface area contributed by atoms with Crippen molar-refractivity contribution >= 4 is 10.9 Å². The van der Waals surface area contributed by atoms with E-state index < -0.39 is 6.10 Å². The minimum atomic E-state index is -0.892. The van der Waals surface area contributed by atoms with Crippen LogP contribution in [0.1, 0.15) is 23.1 Å². The van der Waals surface area contributed by atoms with Crippen LogP contribution in [-0.4, -0.2) is 35.4 Å². The number of rotatable bonds is 7. The summed E-state index contributed by atoms with van der Waals surface area (Å²) in [5.74, 6) is 0. The number of aromatic nitrogens is 2. The molecule has 24 heavy (non-hydrogen) atoms. The van der Waals surface area contributed by atoms with Gasteiger partial charge >= 0.3 is 0 Å². The monoisotopic (exact) mass is 324 g/mol. The first-order chi connectivity index (χ1) is 11.8. The van der Waals surface area contributed by atoms with Gasteiger partial charge in [-0.15, -0.1) is 0 Å². The second-order valence-electron chi connectivity index (χ2n) is 5.43. The third-order valence-electron chi connectivity index (χ3n) is 3.75. The van der Waals surface area contributed by atoms with E-state index in [9.17, 15) is 5.11 Å². The molecule has 124 valence electrons. The van der Waals surface area contributed by atoms with Gasteiger partial charge in [-0.1, -0.05) is 24.3 Å². The quantitative estimate of drug-likeness (QED) is 0.677. The largest absolute Gasteiger partial charge is 0.382 e. The highest BCUT2D eigenvalue weighted by molar-refractivity contribution is 5.79. The van der Waals surface area contributed by atoms with Gasteiger partial charge in [0, 0.05) is 24.3 Å². The Labute approximate surface area is 140 Å². The molecule has 0 fully saturated rings. The molecule has 0 radical (unpaired) electrons. The van der Waals surface area contributed by atoms with E-state index in [1.165, 1.54) is 0 Å². The molecule has 0 saturated heterocycles. The molecule has 1 unspecified atom stereocenters. The highest BCUT2D eigenvalue weighted by atomic mass is 16.5. The van der Waals surface area contributed by atoms with Crippen molar-refractivity contribution in [2.45, 2.75) is 12.7 Å². The molecule has 0 aliphatic rings. The maximum Gasteiger partial charge on any atom is 0.138 e. The van der Waals surface area contributed by atoms with Crippen molar-refractivity contribution in [1.82, 2.24) is 9.97 Å². The molecule has 3 rings (SSSR count). The summed E-state index contributed by atoms with van der Waals surface area (Å²) in [4.78, 5) is 8.88. The Kier molecular flexibility index (Phi) is 5.48. The summed E-state index contributed by atoms with van der Waals surface area (Å²) in [6.45, 7) is 1.38. The standard InChI is InChI=1S/C19H20N2O3/c1-23-10-11-24-13-15-12-14-6-2-3-7-16(14)21-18(15)19(22)17-8-4-5-9-20-17/h2-9,12,19,22H,10-11,13H2,1H3. The summed E-state index contributed by atoms with van der Waals surface area (Å²) in [6.07, 6.45) is 0.769. The van der Waals surface area contributed by atoms with Crippen LogP contribution in [0.2, 0.25) is 0 Å². The Bertz CT molecular complexity index is 793. The van der Waals surface area contributed by atoms with Crippen molar-refractivity contribution < 1.29 is 14.6 Å². The topological polar surface area (TPSA) is 64.5 Å². The van der Waals surface area contributed by atoms with Gasteiger partial charge in [0.15, 0.2) is 0 Å². The zero-order chi connectivity index (χ0) is 16.8. The lowest BCUT2D eigenvalue weighted by Gasteiger charge is -2.16. The fraction of sp³-hybridized carbons (Fsp3) is 0.263. The van der Waals surface area contributed by atoms with E-state index in [4.69, 9.17) is 9.47 Å². The normalized spacial score (nSPS) is 12.4. The predicted octanol–water partition coefficient (Wildman–Crippen LogP) is 2.87. The van der Waals surface area contributed by atoms with Crippen molar-refractivity contribution in [1.29, 1.82) is 0 Å². The molecule has 0 spiro atoms. The van der Waals surface area contributed by atoms with Gasteiger partial charge in [0.1, 0.15) is 6.10 Å². The van der Waals surface area contributed by atoms with Crippen molar-refractivity contribution in [3.05, 3.63) is 71.7 Å². The average Bonchev–Trinajstić information content (AvgIpc) is 2.64. The molecule has 0 aliphatic heterocycles. The number of aliphatic hydroxyl groups excluding tert-OH is 1.